The van der Waals surface area contributed by atoms with Gasteiger partial charge < -0.3 is 40.2 Å². The van der Waals surface area contributed by atoms with Gasteiger partial charge >= 0.3 is 6.09 Å². The number of amides is 1. The van der Waals surface area contributed by atoms with Gasteiger partial charge in [0.05, 0.1) is 25.3 Å². The lowest BCUT2D eigenvalue weighted by Crippen LogP contribution is -2.44. The largest absolute Gasteiger partial charge is 0.442 e. The second-order valence-corrected chi connectivity index (χ2v) is 9.10. The lowest BCUT2D eigenvalue weighted by Gasteiger charge is -2.36. The average molecular weight is 442 g/mol. The molecular weight excluding hydrogens is 402 g/mol. The Morgan fingerprint density at radius 1 is 1.29 bits per heavy atom. The summed E-state index contributed by atoms with van der Waals surface area (Å²) >= 11 is 0. The van der Waals surface area contributed by atoms with Crippen molar-refractivity contribution >= 4 is 6.09 Å². The highest BCUT2D eigenvalue weighted by atomic mass is 16.6. The molecule has 10 heteroatoms. The van der Waals surface area contributed by atoms with Crippen LogP contribution in [0.15, 0.2) is 11.9 Å². The third-order valence-electron chi connectivity index (χ3n) is 6.64. The van der Waals surface area contributed by atoms with Gasteiger partial charge in [0.1, 0.15) is 6.10 Å². The molecule has 3 fully saturated rings. The van der Waals surface area contributed by atoms with Crippen LogP contribution in [0.2, 0.25) is 0 Å². The molecule has 178 valence electrons. The SMILES string of the molecule is CC1CC(N(C)CC/C(=C/NCC2CN(C3CCC(O)CC3)C(=O)O2)NN)CC(O)O1. The van der Waals surface area contributed by atoms with E-state index in [0.717, 1.165) is 50.8 Å². The first-order valence-electron chi connectivity index (χ1n) is 11.4. The number of hydrogen-bond acceptors (Lipinski definition) is 9. The Balaban J connectivity index is 1.39. The Bertz CT molecular complexity index is 603. The number of carbonyl (C=O) groups excluding carboxylic acids is 1. The van der Waals surface area contributed by atoms with Crippen molar-refractivity contribution in [3.8, 4) is 0 Å². The standard InChI is InChI=1S/C21H39N5O5/c1-14-9-17(10-20(28)30-14)25(2)8-7-15(24-22)11-23-12-19-13-26(21(29)31-19)16-3-5-18(27)6-4-16/h11,14,16-20,23-24,27-28H,3-10,12-13,22H2,1-2H3/b15-11-. The summed E-state index contributed by atoms with van der Waals surface area (Å²) in [6.45, 7) is 3.86. The van der Waals surface area contributed by atoms with Gasteiger partial charge in [0, 0.05) is 43.4 Å². The van der Waals surface area contributed by atoms with Crippen LogP contribution in [0.5, 0.6) is 0 Å². The third-order valence-corrected chi connectivity index (χ3v) is 6.64. The number of ether oxygens (including phenoxy) is 2. The topological polar surface area (TPSA) is 133 Å². The number of nitrogens with one attached hydrogen (secondary N) is 2. The van der Waals surface area contributed by atoms with Crippen LogP contribution in [-0.4, -0.2) is 89.5 Å². The predicted molar refractivity (Wildman–Crippen MR) is 115 cm³/mol. The van der Waals surface area contributed by atoms with Crippen LogP contribution < -0.4 is 16.6 Å². The van der Waals surface area contributed by atoms with Crippen LogP contribution in [0.4, 0.5) is 4.79 Å². The molecule has 1 saturated carbocycles. The summed E-state index contributed by atoms with van der Waals surface area (Å²) in [6.07, 6.45) is 5.85. The normalized spacial score (nSPS) is 34.7. The van der Waals surface area contributed by atoms with Crippen molar-refractivity contribution in [1.29, 1.82) is 0 Å². The number of cyclic esters (lactones) is 1. The first kappa shape index (κ1) is 24.1. The number of aliphatic hydroxyl groups is 2. The monoisotopic (exact) mass is 441 g/mol. The van der Waals surface area contributed by atoms with E-state index in [-0.39, 0.29) is 36.5 Å². The molecule has 0 bridgehead atoms. The molecule has 0 aromatic heterocycles. The van der Waals surface area contributed by atoms with Crippen molar-refractivity contribution in [2.75, 3.05) is 26.7 Å². The maximum absolute atomic E-state index is 12.2. The first-order chi connectivity index (χ1) is 14.9. The van der Waals surface area contributed by atoms with Gasteiger partial charge in [0.2, 0.25) is 0 Å². The molecule has 1 amide bonds. The van der Waals surface area contributed by atoms with E-state index in [1.54, 1.807) is 0 Å². The molecule has 2 heterocycles. The molecule has 3 rings (SSSR count). The number of nitrogens with two attached hydrogens (primary N) is 1. The average Bonchev–Trinajstić information content (AvgIpc) is 3.10. The van der Waals surface area contributed by atoms with E-state index in [1.165, 1.54) is 0 Å². The third kappa shape index (κ3) is 6.95. The van der Waals surface area contributed by atoms with Gasteiger partial charge in [-0.2, -0.15) is 0 Å². The lowest BCUT2D eigenvalue weighted by molar-refractivity contribution is -0.173. The van der Waals surface area contributed by atoms with Crippen molar-refractivity contribution in [3.05, 3.63) is 11.9 Å². The second-order valence-electron chi connectivity index (χ2n) is 9.10. The zero-order chi connectivity index (χ0) is 22.4. The molecule has 0 radical (unpaired) electrons. The van der Waals surface area contributed by atoms with Crippen LogP contribution in [0.1, 0.15) is 51.9 Å². The van der Waals surface area contributed by atoms with Crippen molar-refractivity contribution in [1.82, 2.24) is 20.5 Å². The van der Waals surface area contributed by atoms with Crippen LogP contribution in [0.3, 0.4) is 0 Å². The maximum atomic E-state index is 12.2. The summed E-state index contributed by atoms with van der Waals surface area (Å²) in [4.78, 5) is 16.3. The Hall–Kier alpha value is -1.59. The fraction of sp³-hybridized carbons (Fsp3) is 0.857. The maximum Gasteiger partial charge on any atom is 0.410 e. The van der Waals surface area contributed by atoms with Crippen LogP contribution >= 0.6 is 0 Å². The molecule has 4 unspecified atom stereocenters. The van der Waals surface area contributed by atoms with Gasteiger partial charge in [-0.3, -0.25) is 5.84 Å². The Kier molecular flexibility index (Phi) is 8.79. The summed E-state index contributed by atoms with van der Waals surface area (Å²) in [5.41, 5.74) is 3.59. The molecule has 0 aromatic carbocycles. The molecule has 1 aliphatic carbocycles. The van der Waals surface area contributed by atoms with E-state index < -0.39 is 6.29 Å². The molecule has 3 aliphatic rings. The molecular formula is C21H39N5O5. The number of nitrogens with zero attached hydrogens (tertiary/aromatic N) is 2. The van der Waals surface area contributed by atoms with Crippen LogP contribution in [0.25, 0.3) is 0 Å². The van der Waals surface area contributed by atoms with Crippen molar-refractivity contribution < 1.29 is 24.5 Å². The molecule has 0 spiro atoms. The number of rotatable bonds is 9. The van der Waals surface area contributed by atoms with Gasteiger partial charge in [-0.15, -0.1) is 0 Å². The van der Waals surface area contributed by atoms with Crippen LogP contribution in [-0.2, 0) is 9.47 Å². The fourth-order valence-electron chi connectivity index (χ4n) is 4.75. The Morgan fingerprint density at radius 3 is 2.71 bits per heavy atom. The molecule has 2 saturated heterocycles. The molecule has 6 N–H and O–H groups in total. The van der Waals surface area contributed by atoms with E-state index in [0.29, 0.717) is 19.5 Å². The highest BCUT2D eigenvalue weighted by molar-refractivity contribution is 5.70. The second kappa shape index (κ2) is 11.3. The molecule has 10 nitrogen and oxygen atoms in total. The minimum atomic E-state index is -0.701. The summed E-state index contributed by atoms with van der Waals surface area (Å²) < 4.78 is 10.9. The van der Waals surface area contributed by atoms with Gasteiger partial charge in [0.15, 0.2) is 6.29 Å². The van der Waals surface area contributed by atoms with Crippen LogP contribution in [0, 0.1) is 0 Å². The number of aliphatic hydroxyl groups excluding tert-OH is 2. The van der Waals surface area contributed by atoms with Gasteiger partial charge in [0.25, 0.3) is 0 Å². The lowest BCUT2D eigenvalue weighted by atomic mass is 9.92. The van der Waals surface area contributed by atoms with E-state index in [2.05, 4.69) is 15.6 Å². The zero-order valence-electron chi connectivity index (χ0n) is 18.7. The predicted octanol–water partition coefficient (Wildman–Crippen LogP) is 0.213. The Labute approximate surface area is 184 Å². The van der Waals surface area contributed by atoms with Gasteiger partial charge in [-0.25, -0.2) is 4.79 Å². The number of hydrazine groups is 1. The summed E-state index contributed by atoms with van der Waals surface area (Å²) in [6, 6.07) is 0.440. The quantitative estimate of drug-likeness (QED) is 0.252. The van der Waals surface area contributed by atoms with E-state index in [4.69, 9.17) is 15.3 Å². The number of hydrogen-bond donors (Lipinski definition) is 5. The molecule has 2 aliphatic heterocycles. The molecule has 31 heavy (non-hydrogen) atoms. The first-order valence-corrected chi connectivity index (χ1v) is 11.4. The van der Waals surface area contributed by atoms with Gasteiger partial charge in [-0.05, 0) is 46.1 Å². The fourth-order valence-corrected chi connectivity index (χ4v) is 4.75. The van der Waals surface area contributed by atoms with Crippen molar-refractivity contribution in [2.45, 2.75) is 88.6 Å². The highest BCUT2D eigenvalue weighted by Crippen LogP contribution is 2.27. The smallest absolute Gasteiger partial charge is 0.410 e. The zero-order valence-corrected chi connectivity index (χ0v) is 18.7. The minimum absolute atomic E-state index is 0.0490. The summed E-state index contributed by atoms with van der Waals surface area (Å²) in [5, 5.41) is 22.7. The van der Waals surface area contributed by atoms with E-state index >= 15 is 0 Å². The Morgan fingerprint density at radius 2 is 2.03 bits per heavy atom. The van der Waals surface area contributed by atoms with E-state index in [9.17, 15) is 15.0 Å². The molecule has 0 aromatic rings. The van der Waals surface area contributed by atoms with Crippen molar-refractivity contribution in [2.24, 2.45) is 5.84 Å². The summed E-state index contributed by atoms with van der Waals surface area (Å²) in [7, 11) is 2.05. The molecule has 4 atom stereocenters. The van der Waals surface area contributed by atoms with Crippen molar-refractivity contribution in [3.63, 3.8) is 0 Å². The highest BCUT2D eigenvalue weighted by Gasteiger charge is 2.37. The summed E-state index contributed by atoms with van der Waals surface area (Å²) in [5.74, 6) is 5.68. The van der Waals surface area contributed by atoms with Gasteiger partial charge in [-0.1, -0.05) is 0 Å². The minimum Gasteiger partial charge on any atom is -0.442 e. The number of carbonyl (C=O) groups is 1. The van der Waals surface area contributed by atoms with E-state index in [1.807, 2.05) is 25.1 Å².